The Bertz CT molecular complexity index is 737. The minimum Gasteiger partial charge on any atom is -0.289 e. The van der Waals surface area contributed by atoms with Crippen molar-refractivity contribution in [3.05, 3.63) is 41.3 Å². The van der Waals surface area contributed by atoms with E-state index in [2.05, 4.69) is 20.4 Å². The third-order valence-corrected chi connectivity index (χ3v) is 3.55. The molecule has 0 aliphatic carbocycles. The molecule has 21 heavy (non-hydrogen) atoms. The summed E-state index contributed by atoms with van der Waals surface area (Å²) >= 11 is 0. The second-order valence-corrected chi connectivity index (χ2v) is 4.85. The number of anilines is 1. The summed E-state index contributed by atoms with van der Waals surface area (Å²) in [6, 6.07) is 6.21. The fourth-order valence-electron chi connectivity index (χ4n) is 2.56. The van der Waals surface area contributed by atoms with Crippen LogP contribution in [0.25, 0.3) is 0 Å². The van der Waals surface area contributed by atoms with E-state index < -0.39 is 0 Å². The molecule has 0 bridgehead atoms. The van der Waals surface area contributed by atoms with Crippen molar-refractivity contribution < 1.29 is 9.18 Å². The molecule has 0 atom stereocenters. The zero-order valence-corrected chi connectivity index (χ0v) is 11.0. The van der Waals surface area contributed by atoms with Crippen LogP contribution in [0.5, 0.6) is 0 Å². The third-order valence-electron chi connectivity index (χ3n) is 3.55. The average Bonchev–Trinajstić information content (AvgIpc) is 3.15. The highest BCUT2D eigenvalue weighted by Gasteiger charge is 2.40. The van der Waals surface area contributed by atoms with Gasteiger partial charge in [0.25, 0.3) is 5.91 Å². The fourth-order valence-corrected chi connectivity index (χ4v) is 2.56. The summed E-state index contributed by atoms with van der Waals surface area (Å²) in [5, 5.41) is 10.5. The number of aromatic nitrogens is 3. The summed E-state index contributed by atoms with van der Waals surface area (Å²) in [5.41, 5.74) is 1.19. The molecule has 1 N–H and O–H groups in total. The van der Waals surface area contributed by atoms with Crippen LogP contribution in [0.15, 0.2) is 29.3 Å². The van der Waals surface area contributed by atoms with Gasteiger partial charge < -0.3 is 0 Å². The van der Waals surface area contributed by atoms with Crippen molar-refractivity contribution >= 4 is 17.7 Å². The molecule has 0 saturated carbocycles. The van der Waals surface area contributed by atoms with Crippen molar-refractivity contribution in [3.8, 4) is 0 Å². The Morgan fingerprint density at radius 3 is 2.86 bits per heavy atom. The lowest BCUT2D eigenvalue weighted by Crippen LogP contribution is -2.49. The van der Waals surface area contributed by atoms with Crippen LogP contribution in [-0.4, -0.2) is 45.3 Å². The van der Waals surface area contributed by atoms with Gasteiger partial charge in [0, 0.05) is 6.54 Å². The maximum atomic E-state index is 13.0. The monoisotopic (exact) mass is 286 g/mol. The Morgan fingerprint density at radius 2 is 2.05 bits per heavy atom. The number of hydrogen-bond donors (Lipinski definition) is 1. The normalized spacial score (nSPS) is 16.8. The van der Waals surface area contributed by atoms with Crippen molar-refractivity contribution in [2.24, 2.45) is 4.99 Å². The van der Waals surface area contributed by atoms with E-state index in [9.17, 15) is 9.18 Å². The number of rotatable bonds is 2. The molecule has 4 rings (SSSR count). The summed E-state index contributed by atoms with van der Waals surface area (Å²) in [6.45, 7) is 1.55. The molecule has 8 heteroatoms. The van der Waals surface area contributed by atoms with Gasteiger partial charge in [-0.1, -0.05) is 12.1 Å². The van der Waals surface area contributed by atoms with E-state index in [4.69, 9.17) is 0 Å². The van der Waals surface area contributed by atoms with Crippen LogP contribution in [0.4, 0.5) is 10.2 Å². The highest BCUT2D eigenvalue weighted by Crippen LogP contribution is 2.28. The molecule has 2 aliphatic rings. The minimum atomic E-state index is -0.283. The molecule has 1 aromatic heterocycles. The summed E-state index contributed by atoms with van der Waals surface area (Å²) in [6.07, 6.45) is 0. The molecule has 0 fully saturated rings. The molecule has 7 nitrogen and oxygen atoms in total. The van der Waals surface area contributed by atoms with Gasteiger partial charge in [0.2, 0.25) is 5.96 Å². The lowest BCUT2D eigenvalue weighted by atomic mass is 10.2. The van der Waals surface area contributed by atoms with E-state index in [1.165, 1.54) is 12.1 Å². The number of aromatic amines is 1. The Labute approximate surface area is 119 Å². The molecule has 3 heterocycles. The predicted molar refractivity (Wildman–Crippen MR) is 72.3 cm³/mol. The van der Waals surface area contributed by atoms with E-state index in [1.807, 2.05) is 4.90 Å². The number of hydrogen-bond acceptors (Lipinski definition) is 5. The van der Waals surface area contributed by atoms with Crippen molar-refractivity contribution in [1.29, 1.82) is 0 Å². The Hall–Kier alpha value is -2.77. The number of guanidine groups is 1. The highest BCUT2D eigenvalue weighted by molar-refractivity contribution is 6.17. The molecule has 1 aromatic carbocycles. The number of aliphatic imine (C=N–C) groups is 1. The first-order valence-corrected chi connectivity index (χ1v) is 6.53. The van der Waals surface area contributed by atoms with E-state index in [-0.39, 0.29) is 17.4 Å². The Balaban J connectivity index is 1.74. The van der Waals surface area contributed by atoms with Gasteiger partial charge in [0.1, 0.15) is 5.82 Å². The average molecular weight is 286 g/mol. The van der Waals surface area contributed by atoms with Gasteiger partial charge in [-0.2, -0.15) is 5.21 Å². The van der Waals surface area contributed by atoms with Crippen molar-refractivity contribution in [2.45, 2.75) is 6.54 Å². The smallest absolute Gasteiger partial charge is 0.285 e. The molecule has 0 saturated heterocycles. The second kappa shape index (κ2) is 4.37. The summed E-state index contributed by atoms with van der Waals surface area (Å²) < 4.78 is 13.0. The summed E-state index contributed by atoms with van der Waals surface area (Å²) in [7, 11) is 0. The number of amides is 1. The molecule has 0 radical (unpaired) electrons. The van der Waals surface area contributed by atoms with Crippen LogP contribution in [0, 0.1) is 5.82 Å². The van der Waals surface area contributed by atoms with Gasteiger partial charge in [-0.15, -0.1) is 10.2 Å². The van der Waals surface area contributed by atoms with Crippen LogP contribution in [0.1, 0.15) is 16.1 Å². The zero-order valence-electron chi connectivity index (χ0n) is 11.0. The Morgan fingerprint density at radius 1 is 1.24 bits per heavy atom. The van der Waals surface area contributed by atoms with Gasteiger partial charge in [0.15, 0.2) is 11.5 Å². The lowest BCUT2D eigenvalue weighted by Gasteiger charge is -2.32. The summed E-state index contributed by atoms with van der Waals surface area (Å²) in [4.78, 5) is 20.0. The number of benzene rings is 1. The van der Waals surface area contributed by atoms with Gasteiger partial charge in [0.05, 0.1) is 13.1 Å². The fraction of sp³-hybridized carbons (Fsp3) is 0.231. The number of carbonyl (C=O) groups excluding carboxylic acids is 1. The van der Waals surface area contributed by atoms with Crippen LogP contribution in [0.2, 0.25) is 0 Å². The van der Waals surface area contributed by atoms with Gasteiger partial charge in [-0.05, 0) is 17.7 Å². The molecule has 1 amide bonds. The lowest BCUT2D eigenvalue weighted by molar-refractivity contribution is 0.0845. The largest absolute Gasteiger partial charge is 0.289 e. The molecular weight excluding hydrogens is 275 g/mol. The van der Waals surface area contributed by atoms with Gasteiger partial charge in [-0.3, -0.25) is 19.6 Å². The van der Waals surface area contributed by atoms with Gasteiger partial charge in [-0.25, -0.2) is 4.39 Å². The van der Waals surface area contributed by atoms with Crippen molar-refractivity contribution in [3.63, 3.8) is 0 Å². The number of fused-ring (bicyclic) bond motifs is 2. The number of nitrogens with zero attached hydrogens (tertiary/aromatic N) is 5. The maximum absolute atomic E-state index is 13.0. The number of H-pyrrole nitrogens is 1. The van der Waals surface area contributed by atoms with E-state index in [0.717, 1.165) is 5.56 Å². The van der Waals surface area contributed by atoms with Crippen LogP contribution in [0.3, 0.4) is 0 Å². The van der Waals surface area contributed by atoms with Crippen molar-refractivity contribution in [2.75, 3.05) is 18.0 Å². The number of nitrogens with one attached hydrogen (secondary N) is 1. The first-order valence-electron chi connectivity index (χ1n) is 6.53. The molecule has 0 unspecified atom stereocenters. The molecule has 0 spiro atoms. The number of carbonyl (C=O) groups is 1. The topological polar surface area (TPSA) is 77.5 Å². The third kappa shape index (κ3) is 1.79. The first kappa shape index (κ1) is 12.0. The van der Waals surface area contributed by atoms with Crippen LogP contribution >= 0.6 is 0 Å². The molecule has 106 valence electrons. The minimum absolute atomic E-state index is 0.189. The van der Waals surface area contributed by atoms with E-state index in [0.29, 0.717) is 31.4 Å². The Kier molecular flexibility index (Phi) is 2.50. The summed E-state index contributed by atoms with van der Waals surface area (Å²) in [5.74, 6) is 0.562. The van der Waals surface area contributed by atoms with E-state index >= 15 is 0 Å². The van der Waals surface area contributed by atoms with Crippen molar-refractivity contribution in [1.82, 2.24) is 20.3 Å². The molecule has 2 aromatic rings. The number of halogens is 1. The maximum Gasteiger partial charge on any atom is 0.285 e. The van der Waals surface area contributed by atoms with E-state index in [1.54, 1.807) is 17.0 Å². The second-order valence-electron chi connectivity index (χ2n) is 4.85. The highest BCUT2D eigenvalue weighted by atomic mass is 19.1. The van der Waals surface area contributed by atoms with Gasteiger partial charge >= 0.3 is 0 Å². The van der Waals surface area contributed by atoms with Crippen LogP contribution in [-0.2, 0) is 6.54 Å². The quantitative estimate of drug-likeness (QED) is 0.885. The zero-order chi connectivity index (χ0) is 14.4. The SMILES string of the molecule is O=C1c2n[nH]nc2N(Cc2ccc(F)cc2)C2=NCCN12. The standard InChI is InChI=1S/C13H11FN6O/c14-9-3-1-8(2-4-9)7-20-11-10(16-18-17-11)12(21)19-6-5-15-13(19)20/h1-4H,5-7H2,(H,16,17,18). The predicted octanol–water partition coefficient (Wildman–Crippen LogP) is 0.776. The molecular formula is C13H11FN6O. The molecule has 2 aliphatic heterocycles. The van der Waals surface area contributed by atoms with Crippen LogP contribution < -0.4 is 4.90 Å². The first-order chi connectivity index (χ1) is 10.2.